The average molecular weight is 625 g/mol. The summed E-state index contributed by atoms with van der Waals surface area (Å²) >= 11 is 0. The number of aliphatic hydroxyl groups excluding tert-OH is 1. The van der Waals surface area contributed by atoms with Crippen LogP contribution in [0.4, 0.5) is 0 Å². The molecule has 0 aromatic rings. The van der Waals surface area contributed by atoms with E-state index in [1.165, 1.54) is 0 Å². The Balaban J connectivity index is 1.76. The van der Waals surface area contributed by atoms with E-state index in [1.54, 1.807) is 13.8 Å². The number of nitrogens with zero attached hydrogens (tertiary/aromatic N) is 1. The molecule has 0 aromatic heterocycles. The van der Waals surface area contributed by atoms with Crippen molar-refractivity contribution in [2.24, 2.45) is 23.2 Å². The van der Waals surface area contributed by atoms with Gasteiger partial charge in [-0.15, -0.1) is 0 Å². The van der Waals surface area contributed by atoms with Crippen molar-refractivity contribution in [3.63, 3.8) is 0 Å². The molecule has 0 saturated carbocycles. The maximum atomic E-state index is 14.5. The Morgan fingerprint density at radius 1 is 1.09 bits per heavy atom. The van der Waals surface area contributed by atoms with Crippen LogP contribution in [0.5, 0.6) is 0 Å². The molecule has 11 nitrogen and oxygen atoms in total. The molecule has 5 saturated heterocycles. The molecule has 3 unspecified atom stereocenters. The Morgan fingerprint density at radius 3 is 2.41 bits per heavy atom. The van der Waals surface area contributed by atoms with Gasteiger partial charge in [-0.3, -0.25) is 14.4 Å². The predicted octanol–water partition coefficient (Wildman–Crippen LogP) is 2.85. The first-order valence-electron chi connectivity index (χ1n) is 16.5. The Hall–Kier alpha value is -1.63. The van der Waals surface area contributed by atoms with E-state index >= 15 is 0 Å². The first-order valence-corrected chi connectivity index (χ1v) is 16.5. The third kappa shape index (κ3) is 6.60. The molecule has 0 spiro atoms. The van der Waals surface area contributed by atoms with Gasteiger partial charge in [0.25, 0.3) is 0 Å². The third-order valence-corrected chi connectivity index (χ3v) is 10.9. The summed E-state index contributed by atoms with van der Waals surface area (Å²) in [4.78, 5) is 43.1. The number of carbonyl (C=O) groups excluding carboxylic acids is 3. The lowest BCUT2D eigenvalue weighted by molar-refractivity contribution is -0.299. The molecule has 0 amide bonds. The summed E-state index contributed by atoms with van der Waals surface area (Å²) in [5, 5.41) is 14.9. The number of ether oxygens (including phenoxy) is 5. The topological polar surface area (TPSA) is 133 Å². The number of esters is 2. The molecule has 13 atom stereocenters. The summed E-state index contributed by atoms with van der Waals surface area (Å²) in [5.41, 5.74) is -3.50. The number of nitrogens with one attached hydrogen (secondary N) is 1. The molecule has 0 radical (unpaired) electrons. The van der Waals surface area contributed by atoms with Gasteiger partial charge >= 0.3 is 11.9 Å². The molecule has 2 bridgehead atoms. The number of aliphatic hydroxyl groups is 1. The molecule has 5 heterocycles. The van der Waals surface area contributed by atoms with Gasteiger partial charge in [0.1, 0.15) is 17.6 Å². The maximum absolute atomic E-state index is 14.5. The zero-order valence-electron chi connectivity index (χ0n) is 28.4. The van der Waals surface area contributed by atoms with Crippen LogP contribution in [0.2, 0.25) is 0 Å². The highest BCUT2D eigenvalue weighted by atomic mass is 16.7. The van der Waals surface area contributed by atoms with Gasteiger partial charge in [-0.05, 0) is 86.9 Å². The second kappa shape index (κ2) is 13.2. The van der Waals surface area contributed by atoms with Crippen molar-refractivity contribution in [2.45, 2.75) is 141 Å². The van der Waals surface area contributed by atoms with Crippen molar-refractivity contribution >= 4 is 17.7 Å². The van der Waals surface area contributed by atoms with E-state index in [9.17, 15) is 19.5 Å². The lowest BCUT2D eigenvalue weighted by Crippen LogP contribution is -2.61. The minimum atomic E-state index is -1.52. The van der Waals surface area contributed by atoms with E-state index in [0.717, 1.165) is 0 Å². The molecule has 0 aliphatic carbocycles. The largest absolute Gasteiger partial charge is 0.457 e. The van der Waals surface area contributed by atoms with Gasteiger partial charge in [-0.1, -0.05) is 20.8 Å². The van der Waals surface area contributed by atoms with Crippen molar-refractivity contribution in [3.05, 3.63) is 0 Å². The average Bonchev–Trinajstić information content (AvgIpc) is 3.26. The van der Waals surface area contributed by atoms with Crippen molar-refractivity contribution in [2.75, 3.05) is 27.2 Å². The lowest BCUT2D eigenvalue weighted by Gasteiger charge is -2.49. The Morgan fingerprint density at radius 2 is 1.77 bits per heavy atom. The number of hydrogen-bond acceptors (Lipinski definition) is 11. The van der Waals surface area contributed by atoms with Gasteiger partial charge < -0.3 is 39.0 Å². The molecule has 0 aromatic carbocycles. The van der Waals surface area contributed by atoms with Gasteiger partial charge in [-0.25, -0.2) is 0 Å². The van der Waals surface area contributed by atoms with Crippen LogP contribution >= 0.6 is 0 Å². The van der Waals surface area contributed by atoms with Crippen LogP contribution in [-0.2, 0) is 38.1 Å². The van der Waals surface area contributed by atoms with E-state index in [-0.39, 0.29) is 61.2 Å². The molecule has 5 rings (SSSR count). The molecule has 44 heavy (non-hydrogen) atoms. The minimum absolute atomic E-state index is 0.0848. The van der Waals surface area contributed by atoms with Crippen LogP contribution in [-0.4, -0.2) is 109 Å². The number of ketones is 1. The van der Waals surface area contributed by atoms with E-state index in [0.29, 0.717) is 25.8 Å². The lowest BCUT2D eigenvalue weighted by atomic mass is 9.70. The molecule has 5 aliphatic heterocycles. The SMILES string of the molecule is CC[C@H]1OC(=O)[C@@]2(C)CCO[C@@](C)(C[C@@H](C)CN[C@H](C)[C@H]3CC(=O)O[C@@]31C)[C@H](O[C@@H]1OC(C)CC(N(C)C)C1O)[C@@H](C)C2=O. The molecule has 252 valence electrons. The fourth-order valence-electron chi connectivity index (χ4n) is 8.18. The van der Waals surface area contributed by atoms with Crippen LogP contribution in [0, 0.1) is 23.2 Å². The summed E-state index contributed by atoms with van der Waals surface area (Å²) in [5.74, 6) is -2.22. The van der Waals surface area contributed by atoms with Gasteiger partial charge in [0, 0.05) is 30.5 Å². The smallest absolute Gasteiger partial charge is 0.319 e. The number of fused-ring (bicyclic) bond motifs is 10. The van der Waals surface area contributed by atoms with Crippen LogP contribution in [0.15, 0.2) is 0 Å². The van der Waals surface area contributed by atoms with Gasteiger partial charge in [0.15, 0.2) is 17.7 Å². The standard InChI is InChI=1S/C33H56N2O9/c1-11-24-33(8)22(15-25(36)44-33)21(5)34-17-18(2)16-32(7)28(43-29-26(37)23(35(9)10)14-19(3)41-29)20(4)27(38)31(6,12-13-40-32)30(39)42-24/h18-24,26,28-29,34,37H,11-17H2,1-10H3/t18-,19?,20+,21-,22-,23?,24-,26?,28-,29+,31+,32+,33+/m1/s1. The first-order chi connectivity index (χ1) is 20.5. The normalized spacial score (nSPS) is 47.8. The number of likely N-dealkylation sites (N-methyl/N-ethyl adjacent to an activating group) is 1. The minimum Gasteiger partial charge on any atom is -0.457 e. The van der Waals surface area contributed by atoms with E-state index in [1.807, 2.05) is 53.6 Å². The second-order valence-corrected chi connectivity index (χ2v) is 14.8. The number of Topliss-reactive ketones (excluding diaryl/α,β-unsaturated/α-hetero) is 1. The quantitative estimate of drug-likeness (QED) is 0.353. The fraction of sp³-hybridized carbons (Fsp3) is 0.909. The van der Waals surface area contributed by atoms with Crippen molar-refractivity contribution in [1.29, 1.82) is 0 Å². The van der Waals surface area contributed by atoms with Crippen molar-refractivity contribution in [3.8, 4) is 0 Å². The second-order valence-electron chi connectivity index (χ2n) is 14.8. The predicted molar refractivity (Wildman–Crippen MR) is 163 cm³/mol. The summed E-state index contributed by atoms with van der Waals surface area (Å²) in [6.07, 6.45) is -1.71. The molecular formula is C33H56N2O9. The van der Waals surface area contributed by atoms with E-state index in [4.69, 9.17) is 23.7 Å². The number of hydrogen-bond donors (Lipinski definition) is 2. The zero-order valence-corrected chi connectivity index (χ0v) is 28.4. The summed E-state index contributed by atoms with van der Waals surface area (Å²) in [7, 11) is 3.83. The van der Waals surface area contributed by atoms with Gasteiger partial charge in [0.2, 0.25) is 0 Å². The number of carbonyl (C=O) groups is 3. The highest BCUT2D eigenvalue weighted by Gasteiger charge is 2.58. The molecule has 5 fully saturated rings. The van der Waals surface area contributed by atoms with Crippen LogP contribution in [0.1, 0.15) is 87.5 Å². The monoisotopic (exact) mass is 624 g/mol. The van der Waals surface area contributed by atoms with Crippen molar-refractivity contribution in [1.82, 2.24) is 10.2 Å². The maximum Gasteiger partial charge on any atom is 0.319 e. The van der Waals surface area contributed by atoms with Gasteiger partial charge in [0.05, 0.1) is 24.2 Å². The fourth-order valence-corrected chi connectivity index (χ4v) is 8.18. The Bertz CT molecular complexity index is 1070. The van der Waals surface area contributed by atoms with Crippen molar-refractivity contribution < 1.29 is 43.2 Å². The summed E-state index contributed by atoms with van der Waals surface area (Å²) in [6, 6.07) is -0.304. The van der Waals surface area contributed by atoms with Crippen LogP contribution in [0.3, 0.4) is 0 Å². The Kier molecular flexibility index (Phi) is 10.6. The number of rotatable bonds is 4. The first kappa shape index (κ1) is 35.2. The van der Waals surface area contributed by atoms with E-state index in [2.05, 4.69) is 12.2 Å². The third-order valence-electron chi connectivity index (χ3n) is 10.9. The summed E-state index contributed by atoms with van der Waals surface area (Å²) in [6.45, 7) is 15.9. The molecule has 11 heteroatoms. The zero-order chi connectivity index (χ0) is 32.8. The molecule has 2 N–H and O–H groups in total. The highest BCUT2D eigenvalue weighted by molar-refractivity contribution is 6.04. The van der Waals surface area contributed by atoms with Crippen LogP contribution < -0.4 is 5.32 Å². The highest BCUT2D eigenvalue weighted by Crippen LogP contribution is 2.45. The van der Waals surface area contributed by atoms with Crippen LogP contribution in [0.25, 0.3) is 0 Å². The summed E-state index contributed by atoms with van der Waals surface area (Å²) < 4.78 is 31.5. The molecule has 5 aliphatic rings. The van der Waals surface area contributed by atoms with E-state index < -0.39 is 53.1 Å². The van der Waals surface area contributed by atoms with Gasteiger partial charge in [-0.2, -0.15) is 0 Å². The molecular weight excluding hydrogens is 568 g/mol. The Labute approximate surface area is 263 Å².